The first-order chi connectivity index (χ1) is 7.25. The molecule has 2 saturated carbocycles. The number of Topliss-reactive ketones (excluding diaryl/α,β-unsaturated/α-hetero) is 1. The van der Waals surface area contributed by atoms with Gasteiger partial charge in [-0.05, 0) is 25.7 Å². The Labute approximate surface area is 90.6 Å². The highest BCUT2D eigenvalue weighted by Gasteiger charge is 2.24. The predicted octanol–water partition coefficient (Wildman–Crippen LogP) is 1.87. The number of aliphatic hydroxyl groups is 1. The number of ketones is 1. The van der Waals surface area contributed by atoms with E-state index in [1.165, 1.54) is 0 Å². The maximum Gasteiger partial charge on any atom is 0.138 e. The van der Waals surface area contributed by atoms with E-state index < -0.39 is 0 Å². The molecule has 3 nitrogen and oxygen atoms in total. The first-order valence-corrected chi connectivity index (χ1v) is 6.01. The van der Waals surface area contributed by atoms with Crippen molar-refractivity contribution in [2.75, 3.05) is 0 Å². The number of rotatable bonds is 1. The number of hydrogen-bond donors (Lipinski definition) is 1. The first kappa shape index (κ1) is 10.8. The second-order valence-electron chi connectivity index (χ2n) is 4.68. The summed E-state index contributed by atoms with van der Waals surface area (Å²) in [5, 5.41) is 9.77. The van der Waals surface area contributed by atoms with E-state index in [1.54, 1.807) is 0 Å². The van der Waals surface area contributed by atoms with E-state index in [9.17, 15) is 9.90 Å². The van der Waals surface area contributed by atoms with Crippen LogP contribution in [0.15, 0.2) is 4.99 Å². The molecule has 2 aliphatic carbocycles. The Morgan fingerprint density at radius 2 is 1.93 bits per heavy atom. The highest BCUT2D eigenvalue weighted by atomic mass is 16.3. The number of aliphatic imine (C=N–C) groups is 1. The maximum absolute atomic E-state index is 11.3. The average Bonchev–Trinajstić information content (AvgIpc) is 2.22. The van der Waals surface area contributed by atoms with Gasteiger partial charge in [0.1, 0.15) is 5.78 Å². The summed E-state index contributed by atoms with van der Waals surface area (Å²) in [5.74, 6) is 0.310. The fourth-order valence-corrected chi connectivity index (χ4v) is 2.48. The van der Waals surface area contributed by atoms with Crippen LogP contribution in [0, 0.1) is 0 Å². The summed E-state index contributed by atoms with van der Waals surface area (Å²) in [7, 11) is 0. The van der Waals surface area contributed by atoms with Crippen molar-refractivity contribution in [1.82, 2.24) is 0 Å². The number of hydrogen-bond acceptors (Lipinski definition) is 3. The molecule has 84 valence electrons. The molecule has 1 N–H and O–H groups in total. The fourth-order valence-electron chi connectivity index (χ4n) is 2.48. The standard InChI is InChI=1S/C12H19NO2/c14-10-5-3-4-9(8-10)13-11-6-1-2-7-12(11)15/h11-12,15H,1-8H2. The smallest absolute Gasteiger partial charge is 0.138 e. The van der Waals surface area contributed by atoms with E-state index in [0.29, 0.717) is 18.6 Å². The van der Waals surface area contributed by atoms with Crippen LogP contribution >= 0.6 is 0 Å². The molecule has 3 heteroatoms. The molecule has 0 heterocycles. The Bertz CT molecular complexity index is 273. The van der Waals surface area contributed by atoms with Gasteiger partial charge >= 0.3 is 0 Å². The van der Waals surface area contributed by atoms with Crippen molar-refractivity contribution in [1.29, 1.82) is 0 Å². The number of carbonyl (C=O) groups excluding carboxylic acids is 1. The third kappa shape index (κ3) is 2.88. The lowest BCUT2D eigenvalue weighted by molar-refractivity contribution is -0.118. The van der Waals surface area contributed by atoms with Crippen LogP contribution in [0.1, 0.15) is 51.4 Å². The fraction of sp³-hybridized carbons (Fsp3) is 0.833. The summed E-state index contributed by atoms with van der Waals surface area (Å²) in [4.78, 5) is 15.8. The Kier molecular flexibility index (Phi) is 3.52. The lowest BCUT2D eigenvalue weighted by atomic mass is 9.91. The summed E-state index contributed by atoms with van der Waals surface area (Å²) in [5.41, 5.74) is 1.03. The van der Waals surface area contributed by atoms with Gasteiger partial charge in [-0.15, -0.1) is 0 Å². The molecule has 0 radical (unpaired) electrons. The van der Waals surface area contributed by atoms with Crippen molar-refractivity contribution in [3.05, 3.63) is 0 Å². The lowest BCUT2D eigenvalue weighted by Gasteiger charge is -2.26. The maximum atomic E-state index is 11.3. The van der Waals surface area contributed by atoms with Crippen molar-refractivity contribution in [2.24, 2.45) is 4.99 Å². The molecule has 0 spiro atoms. The Morgan fingerprint density at radius 3 is 2.67 bits per heavy atom. The summed E-state index contributed by atoms with van der Waals surface area (Å²) in [6.45, 7) is 0. The average molecular weight is 209 g/mol. The minimum Gasteiger partial charge on any atom is -0.391 e. The molecular formula is C12H19NO2. The quantitative estimate of drug-likeness (QED) is 0.716. The number of nitrogens with zero attached hydrogens (tertiary/aromatic N) is 1. The van der Waals surface area contributed by atoms with Crippen LogP contribution in [-0.2, 0) is 4.79 Å². The van der Waals surface area contributed by atoms with E-state index in [1.807, 2.05) is 0 Å². The van der Waals surface area contributed by atoms with E-state index in [2.05, 4.69) is 4.99 Å². The summed E-state index contributed by atoms with van der Waals surface area (Å²) in [6, 6.07) is 0.0691. The van der Waals surface area contributed by atoms with Gasteiger partial charge < -0.3 is 5.11 Å². The number of carbonyl (C=O) groups is 1. The van der Waals surface area contributed by atoms with Gasteiger partial charge in [0.05, 0.1) is 12.1 Å². The predicted molar refractivity (Wildman–Crippen MR) is 59.2 cm³/mol. The van der Waals surface area contributed by atoms with Crippen LogP contribution in [0.2, 0.25) is 0 Å². The first-order valence-electron chi connectivity index (χ1n) is 6.01. The molecule has 2 unspecified atom stereocenters. The summed E-state index contributed by atoms with van der Waals surface area (Å²) in [6.07, 6.45) is 7.00. The minimum atomic E-state index is -0.275. The van der Waals surface area contributed by atoms with Gasteiger partial charge in [-0.3, -0.25) is 9.79 Å². The molecule has 2 rings (SSSR count). The van der Waals surface area contributed by atoms with Crippen LogP contribution < -0.4 is 0 Å². The molecule has 0 bridgehead atoms. The van der Waals surface area contributed by atoms with Crippen molar-refractivity contribution in [2.45, 2.75) is 63.5 Å². The minimum absolute atomic E-state index is 0.0691. The molecule has 2 aliphatic rings. The molecule has 0 aliphatic heterocycles. The third-order valence-electron chi connectivity index (χ3n) is 3.36. The molecule has 0 amide bonds. The zero-order valence-electron chi connectivity index (χ0n) is 9.11. The highest BCUT2D eigenvalue weighted by molar-refractivity contribution is 6.04. The summed E-state index contributed by atoms with van der Waals surface area (Å²) >= 11 is 0. The van der Waals surface area contributed by atoms with Crippen LogP contribution in [0.5, 0.6) is 0 Å². The molecule has 0 saturated heterocycles. The van der Waals surface area contributed by atoms with Crippen LogP contribution in [0.3, 0.4) is 0 Å². The van der Waals surface area contributed by atoms with Gasteiger partial charge in [-0.25, -0.2) is 0 Å². The Hall–Kier alpha value is -0.700. The SMILES string of the molecule is O=C1CCCC(=NC2CCCCC2O)C1. The Morgan fingerprint density at radius 1 is 1.13 bits per heavy atom. The number of aliphatic hydroxyl groups excluding tert-OH is 1. The van der Waals surface area contributed by atoms with E-state index >= 15 is 0 Å². The van der Waals surface area contributed by atoms with Crippen LogP contribution in [0.25, 0.3) is 0 Å². The molecule has 15 heavy (non-hydrogen) atoms. The van der Waals surface area contributed by atoms with Crippen molar-refractivity contribution >= 4 is 11.5 Å². The lowest BCUT2D eigenvalue weighted by Crippen LogP contribution is -2.30. The molecule has 0 aromatic heterocycles. The second-order valence-corrected chi connectivity index (χ2v) is 4.68. The second kappa shape index (κ2) is 4.88. The van der Waals surface area contributed by atoms with Crippen molar-refractivity contribution in [3.8, 4) is 0 Å². The summed E-state index contributed by atoms with van der Waals surface area (Å²) < 4.78 is 0. The van der Waals surface area contributed by atoms with Crippen molar-refractivity contribution < 1.29 is 9.90 Å². The van der Waals surface area contributed by atoms with E-state index in [-0.39, 0.29) is 12.1 Å². The van der Waals surface area contributed by atoms with Gasteiger partial charge in [-0.2, -0.15) is 0 Å². The zero-order valence-corrected chi connectivity index (χ0v) is 9.11. The van der Waals surface area contributed by atoms with Crippen LogP contribution in [0.4, 0.5) is 0 Å². The monoisotopic (exact) mass is 209 g/mol. The van der Waals surface area contributed by atoms with Gasteiger partial charge in [0.25, 0.3) is 0 Å². The van der Waals surface area contributed by atoms with Gasteiger partial charge in [-0.1, -0.05) is 12.8 Å². The Balaban J connectivity index is 1.97. The highest BCUT2D eigenvalue weighted by Crippen LogP contribution is 2.23. The van der Waals surface area contributed by atoms with Gasteiger partial charge in [0, 0.05) is 18.6 Å². The van der Waals surface area contributed by atoms with Crippen LogP contribution in [-0.4, -0.2) is 28.7 Å². The van der Waals surface area contributed by atoms with Crippen molar-refractivity contribution in [3.63, 3.8) is 0 Å². The molecule has 2 fully saturated rings. The molecule has 0 aromatic rings. The van der Waals surface area contributed by atoms with E-state index in [4.69, 9.17) is 0 Å². The molecular weight excluding hydrogens is 190 g/mol. The largest absolute Gasteiger partial charge is 0.391 e. The van der Waals surface area contributed by atoms with Gasteiger partial charge in [0.2, 0.25) is 0 Å². The normalized spacial score (nSPS) is 35.8. The zero-order chi connectivity index (χ0) is 10.7. The van der Waals surface area contributed by atoms with Gasteiger partial charge in [0.15, 0.2) is 0 Å². The topological polar surface area (TPSA) is 49.7 Å². The molecule has 2 atom stereocenters. The third-order valence-corrected chi connectivity index (χ3v) is 3.36. The molecule has 0 aromatic carbocycles. The van der Waals surface area contributed by atoms with E-state index in [0.717, 1.165) is 44.2 Å².